The molecule has 0 bridgehead atoms. The predicted octanol–water partition coefficient (Wildman–Crippen LogP) is -11.8. The second-order valence-corrected chi connectivity index (χ2v) is 7.32. The summed E-state index contributed by atoms with van der Waals surface area (Å²) in [5, 5.41) is 112. The second-order valence-electron chi connectivity index (χ2n) is 7.32. The van der Waals surface area contributed by atoms with E-state index >= 15 is 0 Å². The SMILES string of the molecule is O=C([O-])CC(O)(CC(=O)O)C(=O)[O-].O=C([O-])CC(O)(CC(=O)O)C(=O)[O-].O=C([O-])CC(O)(CC(=O)O)C(=O)[O-].[Mn+2].[Mn+2].[Mn+2]. The largest absolute Gasteiger partial charge is 2.00 e. The Morgan fingerprint density at radius 3 is 0.595 bits per heavy atom. The van der Waals surface area contributed by atoms with E-state index in [4.69, 9.17) is 30.6 Å². The first-order valence-corrected chi connectivity index (χ1v) is 9.40. The molecule has 6 N–H and O–H groups in total. The molecular formula is C18H18Mn3O21. The van der Waals surface area contributed by atoms with Gasteiger partial charge in [-0.3, -0.25) is 14.4 Å². The van der Waals surface area contributed by atoms with Crippen LogP contribution in [0.25, 0.3) is 0 Å². The number of aliphatic hydroxyl groups is 3. The van der Waals surface area contributed by atoms with E-state index in [0.717, 1.165) is 0 Å². The van der Waals surface area contributed by atoms with Gasteiger partial charge in [-0.05, 0) is 0 Å². The zero-order valence-electron chi connectivity index (χ0n) is 20.2. The van der Waals surface area contributed by atoms with Crippen LogP contribution < -0.4 is 30.6 Å². The molecule has 24 heteroatoms. The molecule has 0 aromatic rings. The number of rotatable bonds is 15. The summed E-state index contributed by atoms with van der Waals surface area (Å²) >= 11 is 0. The van der Waals surface area contributed by atoms with Gasteiger partial charge in [0, 0.05) is 37.2 Å². The minimum atomic E-state index is -2.91. The van der Waals surface area contributed by atoms with Crippen molar-refractivity contribution < 1.29 is 156 Å². The zero-order chi connectivity index (χ0) is 31.9. The quantitative estimate of drug-likeness (QED) is 0.0850. The summed E-state index contributed by atoms with van der Waals surface area (Å²) in [6.45, 7) is 0. The van der Waals surface area contributed by atoms with Crippen LogP contribution in [0, 0.1) is 0 Å². The summed E-state index contributed by atoms with van der Waals surface area (Å²) in [5.41, 5.74) is -8.74. The maximum Gasteiger partial charge on any atom is 2.00 e. The topological polar surface area (TPSA) is 413 Å². The van der Waals surface area contributed by atoms with Crippen molar-refractivity contribution >= 4 is 53.7 Å². The number of hydrogen-bond acceptors (Lipinski definition) is 18. The molecule has 237 valence electrons. The molecule has 3 atom stereocenters. The van der Waals surface area contributed by atoms with E-state index in [1.807, 2.05) is 0 Å². The third-order valence-electron chi connectivity index (χ3n) is 3.78. The van der Waals surface area contributed by atoms with Crippen molar-refractivity contribution in [2.45, 2.75) is 55.3 Å². The van der Waals surface area contributed by atoms with Gasteiger partial charge in [-0.15, -0.1) is 0 Å². The van der Waals surface area contributed by atoms with Crippen molar-refractivity contribution in [2.75, 3.05) is 0 Å². The molecule has 3 unspecified atom stereocenters. The third-order valence-corrected chi connectivity index (χ3v) is 3.78. The van der Waals surface area contributed by atoms with E-state index in [0.29, 0.717) is 0 Å². The molecule has 0 rings (SSSR count). The number of carboxylic acid groups (broad SMARTS) is 9. The normalized spacial score (nSPS) is 13.5. The van der Waals surface area contributed by atoms with Crippen LogP contribution in [0.1, 0.15) is 38.5 Å². The van der Waals surface area contributed by atoms with Gasteiger partial charge in [0.2, 0.25) is 0 Å². The van der Waals surface area contributed by atoms with Crippen LogP contribution >= 0.6 is 0 Å². The monoisotopic (exact) mass is 735 g/mol. The van der Waals surface area contributed by atoms with E-state index in [9.17, 15) is 73.8 Å². The molecule has 0 amide bonds. The Labute approximate surface area is 264 Å². The van der Waals surface area contributed by atoms with Crippen LogP contribution in [-0.2, 0) is 94.4 Å². The summed E-state index contributed by atoms with van der Waals surface area (Å²) in [7, 11) is 0. The Morgan fingerprint density at radius 2 is 0.524 bits per heavy atom. The first-order valence-electron chi connectivity index (χ1n) is 9.40. The number of carbonyl (C=O) groups excluding carboxylic acids is 6. The van der Waals surface area contributed by atoms with Gasteiger partial charge in [0.15, 0.2) is 0 Å². The van der Waals surface area contributed by atoms with Gasteiger partial charge in [0.25, 0.3) is 0 Å². The Hall–Kier alpha value is -3.33. The van der Waals surface area contributed by atoms with Gasteiger partial charge >= 0.3 is 69.1 Å². The summed E-state index contributed by atoms with van der Waals surface area (Å²) < 4.78 is 0. The molecule has 0 saturated carbocycles. The van der Waals surface area contributed by atoms with E-state index in [1.54, 1.807) is 0 Å². The molecule has 0 saturated heterocycles. The van der Waals surface area contributed by atoms with Crippen molar-refractivity contribution in [3.8, 4) is 0 Å². The molecule has 21 nitrogen and oxygen atoms in total. The van der Waals surface area contributed by atoms with Gasteiger partial charge < -0.3 is 90.0 Å². The van der Waals surface area contributed by atoms with Crippen molar-refractivity contribution in [2.24, 2.45) is 0 Å². The average molecular weight is 735 g/mol. The third kappa shape index (κ3) is 23.4. The van der Waals surface area contributed by atoms with Gasteiger partial charge in [0.1, 0.15) is 16.8 Å². The van der Waals surface area contributed by atoms with Gasteiger partial charge in [-0.2, -0.15) is 0 Å². The molecule has 0 aliphatic heterocycles. The first-order chi connectivity index (χ1) is 17.3. The maximum atomic E-state index is 10.2. The first kappa shape index (κ1) is 51.4. The van der Waals surface area contributed by atoms with E-state index < -0.39 is 109 Å². The molecular weight excluding hydrogens is 717 g/mol. The van der Waals surface area contributed by atoms with Crippen molar-refractivity contribution in [1.29, 1.82) is 0 Å². The minimum absolute atomic E-state index is 0. The van der Waals surface area contributed by atoms with E-state index in [1.165, 1.54) is 0 Å². The van der Waals surface area contributed by atoms with Gasteiger partial charge in [-0.1, -0.05) is 0 Å². The van der Waals surface area contributed by atoms with Crippen molar-refractivity contribution in [3.05, 3.63) is 0 Å². The van der Waals surface area contributed by atoms with Gasteiger partial charge in [-0.25, -0.2) is 0 Å². The second kappa shape index (κ2) is 22.3. The molecule has 0 aromatic carbocycles. The summed E-state index contributed by atoms with van der Waals surface area (Å²) in [6.07, 6.45) is -7.69. The molecule has 0 aromatic heterocycles. The fourth-order valence-corrected chi connectivity index (χ4v) is 2.09. The van der Waals surface area contributed by atoms with Crippen LogP contribution in [0.4, 0.5) is 0 Å². The van der Waals surface area contributed by atoms with E-state index in [2.05, 4.69) is 0 Å². The molecule has 0 heterocycles. The fraction of sp³-hybridized carbons (Fsp3) is 0.500. The fourth-order valence-electron chi connectivity index (χ4n) is 2.09. The van der Waals surface area contributed by atoms with E-state index in [-0.39, 0.29) is 51.2 Å². The van der Waals surface area contributed by atoms with Crippen LogP contribution in [-0.4, -0.2) is 101 Å². The summed E-state index contributed by atoms with van der Waals surface area (Å²) in [6, 6.07) is 0. The standard InChI is InChI=1S/3C6H8O7.3Mn/c3*7-3(8)1-6(13,5(11)12)2-4(9)10;;;/h3*13H,1-2H2,(H,7,8)(H,9,10)(H,11,12);;;/q;;;3*+2/p-6. The molecule has 0 fully saturated rings. The summed E-state index contributed by atoms with van der Waals surface area (Å²) in [5.74, 6) is -17.0. The molecule has 0 aliphatic carbocycles. The maximum absolute atomic E-state index is 10.2. The van der Waals surface area contributed by atoms with Crippen LogP contribution in [0.3, 0.4) is 0 Å². The molecule has 0 spiro atoms. The smallest absolute Gasteiger partial charge is 0.550 e. The molecule has 42 heavy (non-hydrogen) atoms. The van der Waals surface area contributed by atoms with Crippen molar-refractivity contribution in [1.82, 2.24) is 0 Å². The Morgan fingerprint density at radius 1 is 0.381 bits per heavy atom. The van der Waals surface area contributed by atoms with Crippen molar-refractivity contribution in [3.63, 3.8) is 0 Å². The van der Waals surface area contributed by atoms with Crippen LogP contribution in [0.5, 0.6) is 0 Å². The molecule has 3 radical (unpaired) electrons. The van der Waals surface area contributed by atoms with Crippen LogP contribution in [0.2, 0.25) is 0 Å². The number of carbonyl (C=O) groups is 9. The predicted molar refractivity (Wildman–Crippen MR) is 95.5 cm³/mol. The summed E-state index contributed by atoms with van der Waals surface area (Å²) in [4.78, 5) is 90.5. The molecule has 0 aliphatic rings. The number of hydrogen-bond donors (Lipinski definition) is 6. The van der Waals surface area contributed by atoms with Gasteiger partial charge in [0.05, 0.1) is 37.2 Å². The Kier molecular flexibility index (Phi) is 27.3. The average Bonchev–Trinajstić information content (AvgIpc) is 2.64. The number of aliphatic carboxylic acids is 9. The Balaban J connectivity index is -0.000000112. The Bertz CT molecular complexity index is 821. The zero-order valence-corrected chi connectivity index (χ0v) is 23.7. The minimum Gasteiger partial charge on any atom is -0.550 e. The van der Waals surface area contributed by atoms with Crippen LogP contribution in [0.15, 0.2) is 0 Å². The number of carboxylic acids is 9.